The van der Waals surface area contributed by atoms with Crippen LogP contribution in [0.4, 0.5) is 0 Å². The van der Waals surface area contributed by atoms with E-state index < -0.39 is 16.0 Å². The lowest BCUT2D eigenvalue weighted by Crippen LogP contribution is -2.58. The van der Waals surface area contributed by atoms with Crippen molar-refractivity contribution in [1.29, 1.82) is 0 Å². The van der Waals surface area contributed by atoms with Crippen LogP contribution in [0.25, 0.3) is 0 Å². The predicted octanol–water partition coefficient (Wildman–Crippen LogP) is -1.18. The molecule has 14 heavy (non-hydrogen) atoms. The second-order valence-electron chi connectivity index (χ2n) is 3.39. The van der Waals surface area contributed by atoms with Gasteiger partial charge >= 0.3 is 5.97 Å². The molecule has 82 valence electrons. The van der Waals surface area contributed by atoms with E-state index in [0.29, 0.717) is 13.1 Å². The van der Waals surface area contributed by atoms with Crippen LogP contribution >= 0.6 is 0 Å². The van der Waals surface area contributed by atoms with Gasteiger partial charge in [-0.25, -0.2) is 8.42 Å². The monoisotopic (exact) mass is 222 g/mol. The lowest BCUT2D eigenvalue weighted by Gasteiger charge is -2.35. The highest BCUT2D eigenvalue weighted by atomic mass is 32.2. The number of carboxylic acid groups (broad SMARTS) is 1. The third-order valence-corrected chi connectivity index (χ3v) is 3.95. The van der Waals surface area contributed by atoms with E-state index in [1.165, 1.54) is 4.31 Å². The normalized spacial score (nSPS) is 19.2. The van der Waals surface area contributed by atoms with Crippen LogP contribution in [0.1, 0.15) is 12.8 Å². The minimum Gasteiger partial charge on any atom is -0.481 e. The molecule has 3 N–H and O–H groups in total. The summed E-state index contributed by atoms with van der Waals surface area (Å²) < 4.78 is 24.1. The molecule has 0 aromatic rings. The molecule has 1 fully saturated rings. The number of nitrogens with zero attached hydrogens (tertiary/aromatic N) is 1. The summed E-state index contributed by atoms with van der Waals surface area (Å²) in [7, 11) is -3.26. The molecule has 1 rings (SSSR count). The van der Waals surface area contributed by atoms with Crippen LogP contribution in [0.5, 0.6) is 0 Å². The van der Waals surface area contributed by atoms with Gasteiger partial charge in [-0.15, -0.1) is 0 Å². The third kappa shape index (κ3) is 2.93. The molecule has 1 aliphatic heterocycles. The third-order valence-electron chi connectivity index (χ3n) is 2.06. The topological polar surface area (TPSA) is 101 Å². The van der Waals surface area contributed by atoms with E-state index in [9.17, 15) is 13.2 Å². The van der Waals surface area contributed by atoms with E-state index in [0.717, 1.165) is 0 Å². The summed E-state index contributed by atoms with van der Waals surface area (Å²) in [6, 6.07) is -0.0655. The predicted molar refractivity (Wildman–Crippen MR) is 50.2 cm³/mol. The van der Waals surface area contributed by atoms with Crippen LogP contribution in [0.15, 0.2) is 0 Å². The number of hydrogen-bond donors (Lipinski definition) is 2. The first-order valence-corrected chi connectivity index (χ1v) is 5.98. The SMILES string of the molecule is NC1CN(S(=O)(=O)CCCC(=O)O)C1. The number of nitrogens with two attached hydrogens (primary N) is 1. The Morgan fingerprint density at radius 2 is 2.07 bits per heavy atom. The molecule has 1 saturated heterocycles. The number of hydrogen-bond acceptors (Lipinski definition) is 4. The minimum absolute atomic E-state index is 0.0655. The van der Waals surface area contributed by atoms with Crippen molar-refractivity contribution in [1.82, 2.24) is 4.31 Å². The summed E-state index contributed by atoms with van der Waals surface area (Å²) in [6.45, 7) is 0.713. The summed E-state index contributed by atoms with van der Waals surface area (Å²) in [5.41, 5.74) is 5.44. The van der Waals surface area contributed by atoms with Crippen LogP contribution < -0.4 is 5.73 Å². The highest BCUT2D eigenvalue weighted by Crippen LogP contribution is 2.13. The maximum Gasteiger partial charge on any atom is 0.303 e. The van der Waals surface area contributed by atoms with Crippen LogP contribution in [0.3, 0.4) is 0 Å². The van der Waals surface area contributed by atoms with Gasteiger partial charge in [0.25, 0.3) is 0 Å². The zero-order valence-electron chi connectivity index (χ0n) is 7.72. The maximum atomic E-state index is 11.4. The Hall–Kier alpha value is -0.660. The molecule has 0 atom stereocenters. The highest BCUT2D eigenvalue weighted by Gasteiger charge is 2.32. The summed E-state index contributed by atoms with van der Waals surface area (Å²) in [5.74, 6) is -1.08. The number of sulfonamides is 1. The second-order valence-corrected chi connectivity index (χ2v) is 5.48. The molecule has 0 aliphatic carbocycles. The fourth-order valence-electron chi connectivity index (χ4n) is 1.23. The first-order valence-electron chi connectivity index (χ1n) is 4.37. The summed E-state index contributed by atoms with van der Waals surface area (Å²) in [4.78, 5) is 10.2. The fraction of sp³-hybridized carbons (Fsp3) is 0.857. The first-order chi connectivity index (χ1) is 6.42. The highest BCUT2D eigenvalue weighted by molar-refractivity contribution is 7.89. The first kappa shape index (κ1) is 11.4. The smallest absolute Gasteiger partial charge is 0.303 e. The Labute approximate surface area is 82.7 Å². The van der Waals surface area contributed by atoms with Gasteiger partial charge < -0.3 is 10.8 Å². The fourth-order valence-corrected chi connectivity index (χ4v) is 2.84. The molecular formula is C7H14N2O4S. The van der Waals surface area contributed by atoms with Gasteiger partial charge in [0.1, 0.15) is 0 Å². The maximum absolute atomic E-state index is 11.4. The Morgan fingerprint density at radius 3 is 2.50 bits per heavy atom. The van der Waals surface area contributed by atoms with Crippen LogP contribution in [0.2, 0.25) is 0 Å². The van der Waals surface area contributed by atoms with Crippen LogP contribution in [-0.2, 0) is 14.8 Å². The van der Waals surface area contributed by atoms with Crippen molar-refractivity contribution in [3.8, 4) is 0 Å². The number of aliphatic carboxylic acids is 1. The van der Waals surface area contributed by atoms with Gasteiger partial charge in [0, 0.05) is 25.6 Å². The van der Waals surface area contributed by atoms with E-state index in [1.54, 1.807) is 0 Å². The molecule has 7 heteroatoms. The van der Waals surface area contributed by atoms with Gasteiger partial charge in [-0.3, -0.25) is 4.79 Å². The van der Waals surface area contributed by atoms with Crippen LogP contribution in [-0.4, -0.2) is 48.7 Å². The zero-order chi connectivity index (χ0) is 10.8. The molecule has 0 radical (unpaired) electrons. The molecular weight excluding hydrogens is 208 g/mol. The molecule has 0 aromatic carbocycles. The average Bonchev–Trinajstić information content (AvgIpc) is 1.97. The van der Waals surface area contributed by atoms with E-state index >= 15 is 0 Å². The van der Waals surface area contributed by atoms with Crippen molar-refractivity contribution >= 4 is 16.0 Å². The minimum atomic E-state index is -3.26. The Bertz CT molecular complexity index is 308. The van der Waals surface area contributed by atoms with Gasteiger partial charge in [0.15, 0.2) is 0 Å². The van der Waals surface area contributed by atoms with Gasteiger partial charge in [-0.05, 0) is 6.42 Å². The van der Waals surface area contributed by atoms with E-state index in [4.69, 9.17) is 10.8 Å². The Morgan fingerprint density at radius 1 is 1.50 bits per heavy atom. The molecule has 0 aromatic heterocycles. The average molecular weight is 222 g/mol. The number of carboxylic acids is 1. The molecule has 0 unspecified atom stereocenters. The van der Waals surface area contributed by atoms with Gasteiger partial charge in [-0.2, -0.15) is 4.31 Å². The molecule has 6 nitrogen and oxygen atoms in total. The van der Waals surface area contributed by atoms with Gasteiger partial charge in [-0.1, -0.05) is 0 Å². The zero-order valence-corrected chi connectivity index (χ0v) is 8.53. The van der Waals surface area contributed by atoms with Crippen molar-refractivity contribution in [3.63, 3.8) is 0 Å². The summed E-state index contributed by atoms with van der Waals surface area (Å²) in [5, 5.41) is 8.33. The van der Waals surface area contributed by atoms with Crippen molar-refractivity contribution in [2.45, 2.75) is 18.9 Å². The van der Waals surface area contributed by atoms with Crippen molar-refractivity contribution < 1.29 is 18.3 Å². The number of rotatable bonds is 5. The standard InChI is InChI=1S/C7H14N2O4S/c8-6-4-9(5-6)14(12,13)3-1-2-7(10)11/h6H,1-5,8H2,(H,10,11). The van der Waals surface area contributed by atoms with Crippen LogP contribution in [0, 0.1) is 0 Å². The van der Waals surface area contributed by atoms with Crippen molar-refractivity contribution in [2.24, 2.45) is 5.73 Å². The molecule has 0 saturated carbocycles. The van der Waals surface area contributed by atoms with Crippen molar-refractivity contribution in [2.75, 3.05) is 18.8 Å². The molecule has 1 aliphatic rings. The molecule has 0 spiro atoms. The Kier molecular flexibility index (Phi) is 3.46. The van der Waals surface area contributed by atoms with E-state index in [2.05, 4.69) is 0 Å². The quantitative estimate of drug-likeness (QED) is 0.610. The number of carbonyl (C=O) groups is 1. The summed E-state index contributed by atoms with van der Waals surface area (Å²) >= 11 is 0. The molecule has 1 heterocycles. The molecule has 0 bridgehead atoms. The lowest BCUT2D eigenvalue weighted by molar-refractivity contribution is -0.137. The van der Waals surface area contributed by atoms with Gasteiger partial charge in [0.05, 0.1) is 5.75 Å². The molecule has 0 amide bonds. The lowest BCUT2D eigenvalue weighted by atomic mass is 10.2. The van der Waals surface area contributed by atoms with Gasteiger partial charge in [0.2, 0.25) is 10.0 Å². The Balaban J connectivity index is 2.32. The van der Waals surface area contributed by atoms with E-state index in [1.807, 2.05) is 0 Å². The van der Waals surface area contributed by atoms with E-state index in [-0.39, 0.29) is 24.6 Å². The summed E-state index contributed by atoms with van der Waals surface area (Å²) in [6.07, 6.45) is 0.0442. The van der Waals surface area contributed by atoms with Crippen molar-refractivity contribution in [3.05, 3.63) is 0 Å². The second kappa shape index (κ2) is 4.24. The largest absolute Gasteiger partial charge is 0.481 e.